The molecule has 0 saturated carbocycles. The number of Topliss-reactive ketones (excluding diaryl/α,β-unsaturated/α-hetero) is 1. The fourth-order valence-electron chi connectivity index (χ4n) is 1.79. The van der Waals surface area contributed by atoms with Crippen molar-refractivity contribution in [3.63, 3.8) is 0 Å². The number of hydrogen-bond donors (Lipinski definition) is 0. The number of rotatable bonds is 2. The maximum atomic E-state index is 11.8. The fraction of sp³-hybridized carbons (Fsp3) is 0.111. The molecule has 0 heterocycles. The second kappa shape index (κ2) is 6.53. The Labute approximate surface area is 123 Å². The van der Waals surface area contributed by atoms with Crippen LogP contribution in [0.1, 0.15) is 15.9 Å². The molecule has 3 heteroatoms. The third kappa shape index (κ3) is 3.80. The summed E-state index contributed by atoms with van der Waals surface area (Å²) < 4.78 is 4.36. The van der Waals surface area contributed by atoms with E-state index in [-0.39, 0.29) is 0 Å². The van der Waals surface area contributed by atoms with Gasteiger partial charge in [0.05, 0.1) is 7.11 Å². The maximum absolute atomic E-state index is 11.8. The Hall–Kier alpha value is -2.86. The van der Waals surface area contributed by atoms with E-state index in [1.54, 1.807) is 12.1 Å². The van der Waals surface area contributed by atoms with Crippen molar-refractivity contribution in [2.45, 2.75) is 6.92 Å². The summed E-state index contributed by atoms with van der Waals surface area (Å²) in [4.78, 5) is 22.6. The Balaban J connectivity index is 2.18. The zero-order chi connectivity index (χ0) is 15.2. The van der Waals surface area contributed by atoms with Crippen LogP contribution in [0.15, 0.2) is 48.5 Å². The van der Waals surface area contributed by atoms with Crippen molar-refractivity contribution >= 4 is 11.8 Å². The van der Waals surface area contributed by atoms with Crippen molar-refractivity contribution in [1.29, 1.82) is 0 Å². The highest BCUT2D eigenvalue weighted by molar-refractivity contribution is 6.11. The highest BCUT2D eigenvalue weighted by atomic mass is 16.5. The number of benzene rings is 2. The van der Waals surface area contributed by atoms with Gasteiger partial charge in [0.1, 0.15) is 0 Å². The third-order valence-electron chi connectivity index (χ3n) is 3.00. The molecule has 0 aromatic heterocycles. The van der Waals surface area contributed by atoms with Gasteiger partial charge in [-0.05, 0) is 36.1 Å². The number of carbonyl (C=O) groups excluding carboxylic acids is 2. The quantitative estimate of drug-likeness (QED) is 0.279. The van der Waals surface area contributed by atoms with E-state index in [4.69, 9.17) is 0 Å². The molecule has 21 heavy (non-hydrogen) atoms. The average Bonchev–Trinajstić information content (AvgIpc) is 2.53. The van der Waals surface area contributed by atoms with Gasteiger partial charge < -0.3 is 4.74 Å². The zero-order valence-corrected chi connectivity index (χ0v) is 11.8. The van der Waals surface area contributed by atoms with E-state index < -0.39 is 11.8 Å². The molecule has 3 nitrogen and oxygen atoms in total. The zero-order valence-electron chi connectivity index (χ0n) is 11.8. The third-order valence-corrected chi connectivity index (χ3v) is 3.00. The maximum Gasteiger partial charge on any atom is 0.384 e. The van der Waals surface area contributed by atoms with E-state index in [9.17, 15) is 9.59 Å². The van der Waals surface area contributed by atoms with Crippen LogP contribution < -0.4 is 0 Å². The molecule has 2 aromatic carbocycles. The lowest BCUT2D eigenvalue weighted by Gasteiger charge is -2.03. The summed E-state index contributed by atoms with van der Waals surface area (Å²) in [5, 5.41) is 0. The molecule has 0 fully saturated rings. The van der Waals surface area contributed by atoms with Crippen LogP contribution >= 0.6 is 0 Å². The number of methoxy groups -OCH3 is 1. The molecule has 0 N–H and O–H groups in total. The highest BCUT2D eigenvalue weighted by Gasteiger charge is 2.04. The SMILES string of the molecule is COC(=O)C#CC(=O)c1ccc(-c2ccc(C)cc2)cc1. The molecule has 0 aliphatic heterocycles. The summed E-state index contributed by atoms with van der Waals surface area (Å²) in [7, 11) is 1.22. The van der Waals surface area contributed by atoms with Crippen LogP contribution in [-0.2, 0) is 9.53 Å². The molecule has 0 spiro atoms. The molecule has 0 atom stereocenters. The summed E-state index contributed by atoms with van der Waals surface area (Å²) in [5.41, 5.74) is 3.75. The summed E-state index contributed by atoms with van der Waals surface area (Å²) in [6, 6.07) is 15.3. The topological polar surface area (TPSA) is 43.4 Å². The predicted molar refractivity (Wildman–Crippen MR) is 80.7 cm³/mol. The van der Waals surface area contributed by atoms with Crippen molar-refractivity contribution in [3.8, 4) is 23.0 Å². The Morgan fingerprint density at radius 1 is 0.857 bits per heavy atom. The Kier molecular flexibility index (Phi) is 4.53. The lowest BCUT2D eigenvalue weighted by atomic mass is 10.0. The van der Waals surface area contributed by atoms with Crippen molar-refractivity contribution < 1.29 is 14.3 Å². The molecule has 2 aromatic rings. The van der Waals surface area contributed by atoms with Crippen molar-refractivity contribution in [2.24, 2.45) is 0 Å². The molecule has 104 valence electrons. The van der Waals surface area contributed by atoms with E-state index in [1.165, 1.54) is 12.7 Å². The van der Waals surface area contributed by atoms with Crippen LogP contribution in [0.4, 0.5) is 0 Å². The van der Waals surface area contributed by atoms with Gasteiger partial charge in [0.25, 0.3) is 0 Å². The minimum absolute atomic E-state index is 0.407. The van der Waals surface area contributed by atoms with E-state index in [2.05, 4.69) is 16.6 Å². The first-order chi connectivity index (χ1) is 10.1. The van der Waals surface area contributed by atoms with Gasteiger partial charge in [0, 0.05) is 11.5 Å². The van der Waals surface area contributed by atoms with Gasteiger partial charge >= 0.3 is 5.97 Å². The molecule has 0 bridgehead atoms. The molecule has 0 aliphatic rings. The molecule has 0 unspecified atom stereocenters. The van der Waals surface area contributed by atoms with Crippen molar-refractivity contribution in [1.82, 2.24) is 0 Å². The minimum Gasteiger partial charge on any atom is -0.459 e. The molecule has 0 amide bonds. The molecule has 0 saturated heterocycles. The largest absolute Gasteiger partial charge is 0.459 e. The average molecular weight is 278 g/mol. The van der Waals surface area contributed by atoms with Crippen LogP contribution in [0.5, 0.6) is 0 Å². The summed E-state index contributed by atoms with van der Waals surface area (Å²) in [5.74, 6) is 3.25. The number of hydrogen-bond acceptors (Lipinski definition) is 3. The standard InChI is InChI=1S/C18H14O3/c1-13-3-5-14(6-4-13)15-7-9-16(10-8-15)17(19)11-12-18(20)21-2/h3-10H,1-2H3. The Morgan fingerprint density at radius 2 is 1.38 bits per heavy atom. The molecular weight excluding hydrogens is 264 g/mol. The van der Waals surface area contributed by atoms with Crippen LogP contribution in [0.2, 0.25) is 0 Å². The lowest BCUT2D eigenvalue weighted by molar-refractivity contribution is -0.133. The normalized spacial score (nSPS) is 9.43. The van der Waals surface area contributed by atoms with Gasteiger partial charge in [0.2, 0.25) is 5.78 Å². The van der Waals surface area contributed by atoms with Gasteiger partial charge in [-0.25, -0.2) is 4.79 Å². The van der Waals surface area contributed by atoms with Crippen LogP contribution in [0.3, 0.4) is 0 Å². The first-order valence-electron chi connectivity index (χ1n) is 6.41. The second-order valence-electron chi connectivity index (χ2n) is 4.51. The number of ether oxygens (including phenoxy) is 1. The number of aryl methyl sites for hydroxylation is 1. The number of esters is 1. The van der Waals surface area contributed by atoms with Crippen molar-refractivity contribution in [2.75, 3.05) is 7.11 Å². The smallest absolute Gasteiger partial charge is 0.384 e. The van der Waals surface area contributed by atoms with Gasteiger partial charge in [-0.1, -0.05) is 42.0 Å². The molecule has 0 radical (unpaired) electrons. The summed E-state index contributed by atoms with van der Waals surface area (Å²) in [6.45, 7) is 2.03. The summed E-state index contributed by atoms with van der Waals surface area (Å²) >= 11 is 0. The number of ketones is 1. The lowest BCUT2D eigenvalue weighted by Crippen LogP contribution is -1.99. The van der Waals surface area contributed by atoms with Gasteiger partial charge in [-0.15, -0.1) is 0 Å². The highest BCUT2D eigenvalue weighted by Crippen LogP contribution is 2.20. The summed E-state index contributed by atoms with van der Waals surface area (Å²) in [6.07, 6.45) is 0. The first-order valence-corrected chi connectivity index (χ1v) is 6.41. The molecular formula is C18H14O3. The first kappa shape index (κ1) is 14.5. The second-order valence-corrected chi connectivity index (χ2v) is 4.51. The monoisotopic (exact) mass is 278 g/mol. The van der Waals surface area contributed by atoms with Crippen LogP contribution in [0.25, 0.3) is 11.1 Å². The fourth-order valence-corrected chi connectivity index (χ4v) is 1.79. The van der Waals surface area contributed by atoms with E-state index in [1.807, 2.05) is 43.3 Å². The molecule has 0 aliphatic carbocycles. The van der Waals surface area contributed by atoms with E-state index in [0.29, 0.717) is 5.56 Å². The van der Waals surface area contributed by atoms with Gasteiger partial charge in [-0.2, -0.15) is 0 Å². The van der Waals surface area contributed by atoms with Gasteiger partial charge in [0.15, 0.2) is 0 Å². The van der Waals surface area contributed by atoms with E-state index >= 15 is 0 Å². The minimum atomic E-state index is -0.723. The predicted octanol–water partition coefficient (Wildman–Crippen LogP) is 3.02. The van der Waals surface area contributed by atoms with E-state index in [0.717, 1.165) is 11.1 Å². The van der Waals surface area contributed by atoms with Crippen LogP contribution in [0, 0.1) is 18.8 Å². The van der Waals surface area contributed by atoms with Crippen molar-refractivity contribution in [3.05, 3.63) is 59.7 Å². The van der Waals surface area contributed by atoms with Gasteiger partial charge in [-0.3, -0.25) is 4.79 Å². The Bertz CT molecular complexity index is 714. The molecule has 2 rings (SSSR count). The Morgan fingerprint density at radius 3 is 1.90 bits per heavy atom. The number of carbonyl (C=O) groups is 2. The van der Waals surface area contributed by atoms with Crippen LogP contribution in [-0.4, -0.2) is 18.9 Å².